The Balaban J connectivity index is 1.77. The van der Waals surface area contributed by atoms with E-state index in [0.717, 1.165) is 45.3 Å². The Hall–Kier alpha value is -0.610. The minimum absolute atomic E-state index is 0.237. The van der Waals surface area contributed by atoms with E-state index in [1.54, 1.807) is 0 Å². The molecule has 0 aromatic carbocycles. The molecule has 110 valence electrons. The molecule has 2 saturated heterocycles. The molecule has 0 aromatic rings. The van der Waals surface area contributed by atoms with Crippen molar-refractivity contribution in [1.82, 2.24) is 9.80 Å². The van der Waals surface area contributed by atoms with E-state index in [2.05, 4.69) is 9.80 Å². The summed E-state index contributed by atoms with van der Waals surface area (Å²) in [6.07, 6.45) is 9.30. The SMILES string of the molecule is O=C(O)C1CCCCCCN1CCCN1CCCC1. The fraction of sp³-hybridized carbons (Fsp3) is 0.933. The number of aliphatic carboxylic acids is 1. The lowest BCUT2D eigenvalue weighted by molar-refractivity contribution is -0.144. The van der Waals surface area contributed by atoms with Gasteiger partial charge in [-0.25, -0.2) is 0 Å². The van der Waals surface area contributed by atoms with Crippen LogP contribution in [0.4, 0.5) is 0 Å². The lowest BCUT2D eigenvalue weighted by Gasteiger charge is -2.31. The summed E-state index contributed by atoms with van der Waals surface area (Å²) in [5.41, 5.74) is 0. The van der Waals surface area contributed by atoms with E-state index in [1.165, 1.54) is 38.8 Å². The molecule has 0 aliphatic carbocycles. The van der Waals surface area contributed by atoms with Crippen molar-refractivity contribution in [1.29, 1.82) is 0 Å². The molecule has 0 saturated carbocycles. The molecular formula is C15H28N2O2. The summed E-state index contributed by atoms with van der Waals surface area (Å²) in [6.45, 7) is 5.54. The Labute approximate surface area is 116 Å². The Morgan fingerprint density at radius 1 is 0.947 bits per heavy atom. The fourth-order valence-electron chi connectivity index (χ4n) is 3.40. The smallest absolute Gasteiger partial charge is 0.320 e. The van der Waals surface area contributed by atoms with Crippen LogP contribution in [0, 0.1) is 0 Å². The Bertz CT molecular complexity index is 277. The minimum Gasteiger partial charge on any atom is -0.480 e. The highest BCUT2D eigenvalue weighted by Crippen LogP contribution is 2.17. The van der Waals surface area contributed by atoms with Crippen LogP contribution in [0.25, 0.3) is 0 Å². The van der Waals surface area contributed by atoms with Crippen molar-refractivity contribution in [3.8, 4) is 0 Å². The van der Waals surface area contributed by atoms with Gasteiger partial charge in [0.05, 0.1) is 0 Å². The van der Waals surface area contributed by atoms with Gasteiger partial charge in [0, 0.05) is 6.54 Å². The highest BCUT2D eigenvalue weighted by atomic mass is 16.4. The second kappa shape index (κ2) is 7.85. The standard InChI is InChI=1S/C15H28N2O2/c18-15(19)14-8-3-1-2-4-12-17(14)13-7-11-16-9-5-6-10-16/h14H,1-13H2,(H,18,19). The third kappa shape index (κ3) is 4.77. The molecule has 1 unspecified atom stereocenters. The molecule has 4 nitrogen and oxygen atoms in total. The number of rotatable bonds is 5. The maximum atomic E-state index is 11.4. The minimum atomic E-state index is -0.622. The zero-order valence-electron chi connectivity index (χ0n) is 12.0. The molecule has 2 aliphatic heterocycles. The molecule has 19 heavy (non-hydrogen) atoms. The average molecular weight is 268 g/mol. The zero-order chi connectivity index (χ0) is 13.5. The van der Waals surface area contributed by atoms with Crippen LogP contribution in [-0.4, -0.2) is 59.6 Å². The van der Waals surface area contributed by atoms with Crippen molar-refractivity contribution in [2.45, 2.75) is 57.4 Å². The van der Waals surface area contributed by atoms with Crippen LogP contribution < -0.4 is 0 Å². The Kier molecular flexibility index (Phi) is 6.11. The summed E-state index contributed by atoms with van der Waals surface area (Å²) in [6, 6.07) is -0.237. The third-order valence-electron chi connectivity index (χ3n) is 4.52. The quantitative estimate of drug-likeness (QED) is 0.830. The molecule has 2 heterocycles. The van der Waals surface area contributed by atoms with Crippen molar-refractivity contribution in [3.05, 3.63) is 0 Å². The van der Waals surface area contributed by atoms with E-state index in [9.17, 15) is 9.90 Å². The number of carboxylic acids is 1. The number of hydrogen-bond acceptors (Lipinski definition) is 3. The summed E-state index contributed by atoms with van der Waals surface area (Å²) < 4.78 is 0. The molecule has 1 N–H and O–H groups in total. The lowest BCUT2D eigenvalue weighted by atomic mass is 10.0. The molecule has 0 amide bonds. The van der Waals surface area contributed by atoms with Crippen LogP contribution in [-0.2, 0) is 4.79 Å². The number of likely N-dealkylation sites (tertiary alicyclic amines) is 2. The van der Waals surface area contributed by atoms with Crippen LogP contribution in [0.1, 0.15) is 51.4 Å². The predicted molar refractivity (Wildman–Crippen MR) is 76.4 cm³/mol. The van der Waals surface area contributed by atoms with E-state index in [4.69, 9.17) is 0 Å². The monoisotopic (exact) mass is 268 g/mol. The van der Waals surface area contributed by atoms with Gasteiger partial charge in [0.2, 0.25) is 0 Å². The number of carbonyl (C=O) groups is 1. The number of hydrogen-bond donors (Lipinski definition) is 1. The van der Waals surface area contributed by atoms with Gasteiger partial charge >= 0.3 is 5.97 Å². The topological polar surface area (TPSA) is 43.8 Å². The lowest BCUT2D eigenvalue weighted by Crippen LogP contribution is -2.43. The largest absolute Gasteiger partial charge is 0.480 e. The molecule has 0 bridgehead atoms. The van der Waals surface area contributed by atoms with Crippen molar-refractivity contribution in [3.63, 3.8) is 0 Å². The van der Waals surface area contributed by atoms with E-state index >= 15 is 0 Å². The molecule has 0 spiro atoms. The van der Waals surface area contributed by atoms with Gasteiger partial charge in [-0.15, -0.1) is 0 Å². The highest BCUT2D eigenvalue weighted by Gasteiger charge is 2.25. The summed E-state index contributed by atoms with van der Waals surface area (Å²) in [4.78, 5) is 16.1. The molecule has 1 atom stereocenters. The second-order valence-electron chi connectivity index (χ2n) is 6.00. The van der Waals surface area contributed by atoms with E-state index in [-0.39, 0.29) is 6.04 Å². The Morgan fingerprint density at radius 2 is 1.63 bits per heavy atom. The molecule has 2 rings (SSSR count). The van der Waals surface area contributed by atoms with Crippen LogP contribution in [0.3, 0.4) is 0 Å². The molecule has 0 radical (unpaired) electrons. The van der Waals surface area contributed by atoms with Gasteiger partial charge < -0.3 is 10.0 Å². The maximum Gasteiger partial charge on any atom is 0.320 e. The van der Waals surface area contributed by atoms with Gasteiger partial charge in [-0.05, 0) is 58.3 Å². The summed E-state index contributed by atoms with van der Waals surface area (Å²) in [5, 5.41) is 9.38. The molecule has 4 heteroatoms. The molecule has 0 aromatic heterocycles. The van der Waals surface area contributed by atoms with Crippen molar-refractivity contribution < 1.29 is 9.90 Å². The first kappa shape index (κ1) is 14.8. The van der Waals surface area contributed by atoms with Crippen molar-refractivity contribution in [2.24, 2.45) is 0 Å². The van der Waals surface area contributed by atoms with Crippen LogP contribution >= 0.6 is 0 Å². The van der Waals surface area contributed by atoms with Gasteiger partial charge in [0.15, 0.2) is 0 Å². The zero-order valence-corrected chi connectivity index (χ0v) is 12.0. The van der Waals surface area contributed by atoms with Gasteiger partial charge in [-0.3, -0.25) is 9.69 Å². The number of carboxylic acid groups (broad SMARTS) is 1. The normalized spacial score (nSPS) is 27.1. The van der Waals surface area contributed by atoms with Crippen LogP contribution in [0.2, 0.25) is 0 Å². The molecular weight excluding hydrogens is 240 g/mol. The summed E-state index contributed by atoms with van der Waals surface area (Å²) in [5.74, 6) is -0.622. The van der Waals surface area contributed by atoms with E-state index < -0.39 is 5.97 Å². The predicted octanol–water partition coefficient (Wildman–Crippen LogP) is 2.19. The fourth-order valence-corrected chi connectivity index (χ4v) is 3.40. The van der Waals surface area contributed by atoms with Gasteiger partial charge in [0.25, 0.3) is 0 Å². The highest BCUT2D eigenvalue weighted by molar-refractivity contribution is 5.73. The van der Waals surface area contributed by atoms with Crippen molar-refractivity contribution in [2.75, 3.05) is 32.7 Å². The second-order valence-corrected chi connectivity index (χ2v) is 6.00. The van der Waals surface area contributed by atoms with Crippen molar-refractivity contribution >= 4 is 5.97 Å². The third-order valence-corrected chi connectivity index (χ3v) is 4.52. The molecule has 2 aliphatic rings. The van der Waals surface area contributed by atoms with Gasteiger partial charge in [0.1, 0.15) is 6.04 Å². The average Bonchev–Trinajstić information content (AvgIpc) is 2.84. The molecule has 2 fully saturated rings. The van der Waals surface area contributed by atoms with E-state index in [1.807, 2.05) is 0 Å². The summed E-state index contributed by atoms with van der Waals surface area (Å²) >= 11 is 0. The van der Waals surface area contributed by atoms with Gasteiger partial charge in [-0.1, -0.05) is 19.3 Å². The van der Waals surface area contributed by atoms with E-state index in [0.29, 0.717) is 0 Å². The van der Waals surface area contributed by atoms with Crippen LogP contribution in [0.5, 0.6) is 0 Å². The summed E-state index contributed by atoms with van der Waals surface area (Å²) in [7, 11) is 0. The maximum absolute atomic E-state index is 11.4. The first-order chi connectivity index (χ1) is 9.27. The van der Waals surface area contributed by atoms with Crippen LogP contribution in [0.15, 0.2) is 0 Å². The first-order valence-electron chi connectivity index (χ1n) is 7.96. The number of nitrogens with zero attached hydrogens (tertiary/aromatic N) is 2. The Morgan fingerprint density at radius 3 is 2.37 bits per heavy atom. The first-order valence-corrected chi connectivity index (χ1v) is 7.96. The van der Waals surface area contributed by atoms with Gasteiger partial charge in [-0.2, -0.15) is 0 Å².